The molecule has 0 radical (unpaired) electrons. The average Bonchev–Trinajstić information content (AvgIpc) is 3.51. The molecule has 9 nitrogen and oxygen atoms in total. The van der Waals surface area contributed by atoms with E-state index >= 15 is 0 Å². The molecule has 2 aromatic heterocycles. The summed E-state index contributed by atoms with van der Waals surface area (Å²) in [5, 5.41) is 6.08. The molecule has 0 saturated heterocycles. The molecule has 1 aliphatic rings. The van der Waals surface area contributed by atoms with Crippen molar-refractivity contribution >= 4 is 22.8 Å². The summed E-state index contributed by atoms with van der Waals surface area (Å²) in [6, 6.07) is 7.32. The topological polar surface area (TPSA) is 96.0 Å². The van der Waals surface area contributed by atoms with Gasteiger partial charge in [-0.05, 0) is 23.4 Å². The lowest BCUT2D eigenvalue weighted by molar-refractivity contribution is -0.131. The third-order valence-corrected chi connectivity index (χ3v) is 6.33. The van der Waals surface area contributed by atoms with E-state index in [1.165, 1.54) is 16.0 Å². The Morgan fingerprint density at radius 2 is 1.94 bits per heavy atom. The molecule has 0 spiro atoms. The Bertz CT molecular complexity index is 1190. The number of aromatic nitrogens is 2. The van der Waals surface area contributed by atoms with Gasteiger partial charge in [0.05, 0.1) is 38.3 Å². The molecule has 0 unspecified atom stereocenters. The molecule has 0 aliphatic carbocycles. The molecule has 0 bridgehead atoms. The molecule has 4 rings (SSSR count). The lowest BCUT2D eigenvalue weighted by atomic mass is 9.97. The van der Waals surface area contributed by atoms with Gasteiger partial charge in [-0.3, -0.25) is 4.79 Å². The van der Waals surface area contributed by atoms with Gasteiger partial charge in [-0.15, -0.1) is 16.4 Å². The van der Waals surface area contributed by atoms with Crippen molar-refractivity contribution in [2.45, 2.75) is 19.4 Å². The highest BCUT2D eigenvalue weighted by atomic mass is 32.1. The second kappa shape index (κ2) is 9.95. The van der Waals surface area contributed by atoms with Gasteiger partial charge in [-0.25, -0.2) is 4.79 Å². The predicted molar refractivity (Wildman–Crippen MR) is 124 cm³/mol. The van der Waals surface area contributed by atoms with Crippen LogP contribution in [0.5, 0.6) is 17.2 Å². The summed E-state index contributed by atoms with van der Waals surface area (Å²) in [6.07, 6.45) is 2.82. The van der Waals surface area contributed by atoms with E-state index in [0.29, 0.717) is 36.8 Å². The third kappa shape index (κ3) is 4.80. The number of benzene rings is 1. The van der Waals surface area contributed by atoms with Gasteiger partial charge in [0, 0.05) is 31.6 Å². The minimum absolute atomic E-state index is 0.0495. The summed E-state index contributed by atoms with van der Waals surface area (Å²) in [7, 11) is 4.80. The Labute approximate surface area is 194 Å². The Morgan fingerprint density at radius 3 is 2.52 bits per heavy atom. The van der Waals surface area contributed by atoms with Crippen LogP contribution in [-0.4, -0.2) is 55.0 Å². The van der Waals surface area contributed by atoms with Crippen molar-refractivity contribution in [1.29, 1.82) is 0 Å². The second-order valence-electron chi connectivity index (χ2n) is 7.35. The van der Waals surface area contributed by atoms with Gasteiger partial charge >= 0.3 is 5.76 Å². The molecule has 1 amide bonds. The number of hydrogen-bond acceptors (Lipinski definition) is 8. The highest BCUT2D eigenvalue weighted by Gasteiger charge is 2.23. The number of rotatable bonds is 8. The molecule has 0 N–H and O–H groups in total. The van der Waals surface area contributed by atoms with E-state index in [-0.39, 0.29) is 24.8 Å². The Balaban J connectivity index is 1.42. The maximum atomic E-state index is 12.8. The van der Waals surface area contributed by atoms with Crippen LogP contribution in [0.4, 0.5) is 0 Å². The summed E-state index contributed by atoms with van der Waals surface area (Å²) in [6.45, 7) is 1.18. The first-order valence-corrected chi connectivity index (χ1v) is 11.3. The van der Waals surface area contributed by atoms with Crippen LogP contribution >= 0.6 is 11.3 Å². The summed E-state index contributed by atoms with van der Waals surface area (Å²) >= 11 is 1.44. The fraction of sp³-hybridized carbons (Fsp3) is 0.348. The van der Waals surface area contributed by atoms with Crippen molar-refractivity contribution in [3.05, 3.63) is 51.8 Å². The molecule has 1 aromatic carbocycles. The first-order valence-electron chi connectivity index (χ1n) is 10.4. The fourth-order valence-electron chi connectivity index (χ4n) is 3.75. The predicted octanol–water partition coefficient (Wildman–Crippen LogP) is 3.30. The number of carbonyl (C=O) groups is 1. The van der Waals surface area contributed by atoms with Crippen LogP contribution in [0, 0.1) is 0 Å². The van der Waals surface area contributed by atoms with Gasteiger partial charge < -0.3 is 23.5 Å². The van der Waals surface area contributed by atoms with Crippen LogP contribution < -0.4 is 20.0 Å². The molecule has 10 heteroatoms. The van der Waals surface area contributed by atoms with E-state index in [4.69, 9.17) is 18.6 Å². The molecule has 174 valence electrons. The minimum Gasteiger partial charge on any atom is -0.496 e. The zero-order chi connectivity index (χ0) is 23.4. The van der Waals surface area contributed by atoms with E-state index < -0.39 is 5.76 Å². The molecule has 0 fully saturated rings. The van der Waals surface area contributed by atoms with Crippen LogP contribution in [0.25, 0.3) is 16.3 Å². The summed E-state index contributed by atoms with van der Waals surface area (Å²) in [5.74, 6) is 1.62. The van der Waals surface area contributed by atoms with E-state index in [0.717, 1.165) is 16.0 Å². The lowest BCUT2D eigenvalue weighted by Crippen LogP contribution is -2.35. The molecule has 0 atom stereocenters. The number of thiophene rings is 1. The van der Waals surface area contributed by atoms with Gasteiger partial charge in [-0.2, -0.15) is 4.68 Å². The van der Waals surface area contributed by atoms with Crippen molar-refractivity contribution in [3.63, 3.8) is 0 Å². The molecule has 1 aliphatic heterocycles. The first kappa shape index (κ1) is 22.7. The number of amides is 1. The number of aryl methyl sites for hydroxylation is 1. The quantitative estimate of drug-likeness (QED) is 0.497. The molecule has 0 saturated carbocycles. The molecular weight excluding hydrogens is 446 g/mol. The van der Waals surface area contributed by atoms with E-state index in [2.05, 4.69) is 5.10 Å². The number of carbonyl (C=O) groups excluding carboxylic acids is 1. The monoisotopic (exact) mass is 471 g/mol. The van der Waals surface area contributed by atoms with Crippen LogP contribution in [0.2, 0.25) is 0 Å². The van der Waals surface area contributed by atoms with Crippen molar-refractivity contribution in [2.75, 3.05) is 34.4 Å². The van der Waals surface area contributed by atoms with Gasteiger partial charge in [0.25, 0.3) is 5.89 Å². The summed E-state index contributed by atoms with van der Waals surface area (Å²) in [5.41, 5.74) is 1.91. The minimum atomic E-state index is -0.564. The second-order valence-corrected chi connectivity index (χ2v) is 8.30. The average molecular weight is 472 g/mol. The SMILES string of the molecule is COc1cc(OC)c(C2=CCN(C(=O)CCn3nc(-c4cccs4)oc3=O)CC2)c(OC)c1. The van der Waals surface area contributed by atoms with Crippen molar-refractivity contribution in [1.82, 2.24) is 14.7 Å². The van der Waals surface area contributed by atoms with E-state index in [9.17, 15) is 9.59 Å². The van der Waals surface area contributed by atoms with E-state index in [1.807, 2.05) is 35.7 Å². The molecule has 33 heavy (non-hydrogen) atoms. The molecule has 3 aromatic rings. The lowest BCUT2D eigenvalue weighted by Gasteiger charge is -2.28. The zero-order valence-corrected chi connectivity index (χ0v) is 19.5. The molecular formula is C23H25N3O6S. The Hall–Kier alpha value is -3.53. The maximum Gasteiger partial charge on any atom is 0.437 e. The normalized spacial score (nSPS) is 13.5. The van der Waals surface area contributed by atoms with Crippen LogP contribution in [0.1, 0.15) is 18.4 Å². The number of ether oxygens (including phenoxy) is 3. The summed E-state index contributed by atoms with van der Waals surface area (Å²) < 4.78 is 22.8. The smallest absolute Gasteiger partial charge is 0.437 e. The van der Waals surface area contributed by atoms with Crippen LogP contribution in [0.15, 0.2) is 44.9 Å². The number of nitrogens with zero attached hydrogens (tertiary/aromatic N) is 3. The van der Waals surface area contributed by atoms with E-state index in [1.54, 1.807) is 26.2 Å². The third-order valence-electron chi connectivity index (χ3n) is 5.47. The van der Waals surface area contributed by atoms with Gasteiger partial charge in [0.1, 0.15) is 17.2 Å². The van der Waals surface area contributed by atoms with Crippen LogP contribution in [-0.2, 0) is 11.3 Å². The Kier molecular flexibility index (Phi) is 6.83. The van der Waals surface area contributed by atoms with Crippen molar-refractivity contribution in [3.8, 4) is 28.0 Å². The fourth-order valence-corrected chi connectivity index (χ4v) is 4.40. The summed E-state index contributed by atoms with van der Waals surface area (Å²) in [4.78, 5) is 27.3. The first-order chi connectivity index (χ1) is 16.0. The van der Waals surface area contributed by atoms with Crippen molar-refractivity contribution < 1.29 is 23.4 Å². The maximum absolute atomic E-state index is 12.8. The van der Waals surface area contributed by atoms with Crippen LogP contribution in [0.3, 0.4) is 0 Å². The van der Waals surface area contributed by atoms with Gasteiger partial charge in [0.2, 0.25) is 5.91 Å². The highest BCUT2D eigenvalue weighted by molar-refractivity contribution is 7.13. The van der Waals surface area contributed by atoms with Crippen molar-refractivity contribution in [2.24, 2.45) is 0 Å². The number of hydrogen-bond donors (Lipinski definition) is 0. The Morgan fingerprint density at radius 1 is 1.18 bits per heavy atom. The largest absolute Gasteiger partial charge is 0.496 e. The standard InChI is InChI=1S/C23H25N3O6S/c1-29-16-13-17(30-2)21(18(14-16)31-3)15-6-9-25(10-7-15)20(27)8-11-26-23(28)32-22(24-26)19-5-4-12-33-19/h4-6,12-14H,7-11H2,1-3H3. The van der Waals surface area contributed by atoms with Gasteiger partial charge in [0.15, 0.2) is 0 Å². The highest BCUT2D eigenvalue weighted by Crippen LogP contribution is 2.40. The number of methoxy groups -OCH3 is 3. The zero-order valence-electron chi connectivity index (χ0n) is 18.7. The van der Waals surface area contributed by atoms with Gasteiger partial charge in [-0.1, -0.05) is 12.1 Å². The molecule has 3 heterocycles.